The fourth-order valence-electron chi connectivity index (χ4n) is 4.74. The molecule has 1 saturated heterocycles. The topological polar surface area (TPSA) is 194 Å². The first-order valence-electron chi connectivity index (χ1n) is 19.5. The number of nitrogens with two attached hydrogens (primary N) is 1. The van der Waals surface area contributed by atoms with Crippen molar-refractivity contribution >= 4 is 37.2 Å². The number of nitrogens with one attached hydrogen (secondary N) is 3. The van der Waals surface area contributed by atoms with E-state index >= 15 is 0 Å². The third-order valence-electron chi connectivity index (χ3n) is 7.71. The highest BCUT2D eigenvalue weighted by atomic mass is 16.2. The molecule has 2 saturated carbocycles. The number of aromatic nitrogens is 2. The SMILES string of the molecule is CC.CC(=O)C(CC1CC1)NC=O.CC(C)C.CC(NC(=O)c1cnccn1)C1CCCCC1.CC1CCCN1C.CCC.NC=O.O=CCNC=O. The Morgan fingerprint density at radius 3 is 1.79 bits per heavy atom. The smallest absolute Gasteiger partial charge is 0.271 e. The molecule has 3 aliphatic rings. The maximum Gasteiger partial charge on any atom is 0.271 e. The Labute approximate surface area is 322 Å². The van der Waals surface area contributed by atoms with Gasteiger partial charge >= 0.3 is 0 Å². The molecule has 308 valence electrons. The molecule has 0 bridgehead atoms. The van der Waals surface area contributed by atoms with E-state index in [0.717, 1.165) is 18.4 Å². The van der Waals surface area contributed by atoms with Gasteiger partial charge in [0.05, 0.1) is 18.8 Å². The average Bonchev–Trinajstić information content (AvgIpc) is 3.89. The first-order chi connectivity index (χ1) is 25.3. The van der Waals surface area contributed by atoms with Crippen LogP contribution in [0.3, 0.4) is 0 Å². The van der Waals surface area contributed by atoms with Crippen LogP contribution >= 0.6 is 0 Å². The molecule has 2 heterocycles. The molecule has 13 heteroatoms. The second-order valence-corrected chi connectivity index (χ2v) is 13.6. The number of ketones is 1. The summed E-state index contributed by atoms with van der Waals surface area (Å²) in [6, 6.07) is 0.838. The van der Waals surface area contributed by atoms with E-state index in [2.05, 4.69) is 92.1 Å². The number of Topliss-reactive ketones (excluding diaryl/α,β-unsaturated/α-hetero) is 1. The molecule has 2 aliphatic carbocycles. The van der Waals surface area contributed by atoms with Gasteiger partial charge < -0.3 is 31.4 Å². The zero-order valence-corrected chi connectivity index (χ0v) is 35.1. The van der Waals surface area contributed by atoms with Gasteiger partial charge in [-0.15, -0.1) is 0 Å². The van der Waals surface area contributed by atoms with Gasteiger partial charge in [-0.1, -0.05) is 87.0 Å². The van der Waals surface area contributed by atoms with E-state index in [-0.39, 0.29) is 36.7 Å². The number of carbonyl (C=O) groups excluding carboxylic acids is 6. The van der Waals surface area contributed by atoms with Gasteiger partial charge in [0.15, 0.2) is 5.78 Å². The number of primary amides is 1. The van der Waals surface area contributed by atoms with Gasteiger partial charge in [-0.25, -0.2) is 4.98 Å². The zero-order chi connectivity index (χ0) is 41.5. The Bertz CT molecular complexity index is 988. The van der Waals surface area contributed by atoms with Crippen LogP contribution in [0.1, 0.15) is 150 Å². The average molecular weight is 752 g/mol. The molecular weight excluding hydrogens is 674 g/mol. The molecule has 0 aromatic carbocycles. The standard InChI is InChI=1S/C13H19N3O.C8H13NO2.C6H13N.C4H10.C3H5NO2.C3H8.C2H6.CH3NO/c1-10(11-5-3-2-4-6-11)16-13(17)12-9-14-7-8-15-12;1-6(11)8(9-5-10)4-7-2-3-7;1-6-4-3-5-7(6)2;1-4(2)3;5-2-1-4-3-6;1-3-2;1-2;2-1-3/h7-11H,2-6H2,1H3,(H,16,17);5,7-8H,2-4H2,1H3,(H,9,10);6H,3-5H2,1-2H3;4H,1-3H3;2-3H,1H2,(H,4,6);3H2,1-2H3;1-2H3;1H,(H2,2,3). The fourth-order valence-corrected chi connectivity index (χ4v) is 4.74. The van der Waals surface area contributed by atoms with E-state index in [0.29, 0.717) is 36.6 Å². The summed E-state index contributed by atoms with van der Waals surface area (Å²) in [7, 11) is 2.19. The quantitative estimate of drug-likeness (QED) is 0.157. The lowest BCUT2D eigenvalue weighted by Gasteiger charge is -2.28. The number of carbonyl (C=O) groups is 6. The summed E-state index contributed by atoms with van der Waals surface area (Å²) < 4.78 is 0. The zero-order valence-electron chi connectivity index (χ0n) is 35.1. The van der Waals surface area contributed by atoms with Crippen molar-refractivity contribution in [3.8, 4) is 0 Å². The Morgan fingerprint density at radius 1 is 0.925 bits per heavy atom. The van der Waals surface area contributed by atoms with Crippen LogP contribution in [-0.2, 0) is 24.0 Å². The molecule has 1 aromatic rings. The highest BCUT2D eigenvalue weighted by molar-refractivity contribution is 5.92. The predicted octanol–water partition coefficient (Wildman–Crippen LogP) is 5.90. The van der Waals surface area contributed by atoms with Crippen molar-refractivity contribution in [2.24, 2.45) is 23.5 Å². The monoisotopic (exact) mass is 752 g/mol. The number of nitrogens with zero attached hydrogens (tertiary/aromatic N) is 3. The largest absolute Gasteiger partial charge is 0.372 e. The third-order valence-corrected chi connectivity index (χ3v) is 7.71. The normalized spacial score (nSPS) is 16.6. The summed E-state index contributed by atoms with van der Waals surface area (Å²) in [5, 5.41) is 7.70. The molecule has 4 rings (SSSR count). The van der Waals surface area contributed by atoms with Gasteiger partial charge in [0.2, 0.25) is 19.2 Å². The molecule has 13 nitrogen and oxygen atoms in total. The third kappa shape index (κ3) is 39.3. The lowest BCUT2D eigenvalue weighted by atomic mass is 9.84. The van der Waals surface area contributed by atoms with E-state index in [1.165, 1.54) is 83.9 Å². The Balaban J connectivity index is -0.000000289. The van der Waals surface area contributed by atoms with Gasteiger partial charge in [0, 0.05) is 24.5 Å². The van der Waals surface area contributed by atoms with E-state index in [4.69, 9.17) is 4.79 Å². The highest BCUT2D eigenvalue weighted by Gasteiger charge is 2.27. The molecule has 53 heavy (non-hydrogen) atoms. The minimum Gasteiger partial charge on any atom is -0.372 e. The minimum absolute atomic E-state index is 0.0593. The molecule has 0 radical (unpaired) electrons. The Hall–Kier alpha value is -3.74. The maximum absolute atomic E-state index is 11.9. The van der Waals surface area contributed by atoms with Crippen LogP contribution in [0.15, 0.2) is 18.6 Å². The first-order valence-corrected chi connectivity index (χ1v) is 19.5. The van der Waals surface area contributed by atoms with E-state index in [9.17, 15) is 24.0 Å². The number of hydrogen-bond acceptors (Lipinski definition) is 9. The molecule has 3 unspecified atom stereocenters. The van der Waals surface area contributed by atoms with Crippen molar-refractivity contribution in [3.63, 3.8) is 0 Å². The first kappa shape index (κ1) is 56.0. The van der Waals surface area contributed by atoms with Crippen molar-refractivity contribution in [2.75, 3.05) is 20.1 Å². The summed E-state index contributed by atoms with van der Waals surface area (Å²) in [4.78, 5) is 70.3. The molecule has 3 atom stereocenters. The minimum atomic E-state index is -0.236. The van der Waals surface area contributed by atoms with Gasteiger partial charge in [0.1, 0.15) is 12.0 Å². The molecule has 1 aliphatic heterocycles. The molecule has 1 aromatic heterocycles. The summed E-state index contributed by atoms with van der Waals surface area (Å²) in [6.45, 7) is 22.1. The van der Waals surface area contributed by atoms with Crippen molar-refractivity contribution in [2.45, 2.75) is 158 Å². The van der Waals surface area contributed by atoms with E-state index in [1.807, 2.05) is 13.8 Å². The van der Waals surface area contributed by atoms with Crippen LogP contribution in [0.4, 0.5) is 0 Å². The lowest BCUT2D eigenvalue weighted by Crippen LogP contribution is -2.39. The van der Waals surface area contributed by atoms with Crippen molar-refractivity contribution in [1.29, 1.82) is 0 Å². The predicted molar refractivity (Wildman–Crippen MR) is 216 cm³/mol. The number of rotatable bonds is 11. The van der Waals surface area contributed by atoms with Gasteiger partial charge in [-0.2, -0.15) is 0 Å². The second kappa shape index (κ2) is 41.0. The molecule has 3 fully saturated rings. The Morgan fingerprint density at radius 2 is 1.47 bits per heavy atom. The van der Waals surface area contributed by atoms with Crippen LogP contribution in [-0.4, -0.2) is 90.3 Å². The van der Waals surface area contributed by atoms with Crippen molar-refractivity contribution in [1.82, 2.24) is 30.8 Å². The molecule has 4 amide bonds. The van der Waals surface area contributed by atoms with E-state index in [1.54, 1.807) is 12.4 Å². The number of hydrogen-bond donors (Lipinski definition) is 4. The van der Waals surface area contributed by atoms with Crippen molar-refractivity contribution < 1.29 is 28.8 Å². The van der Waals surface area contributed by atoms with Crippen molar-refractivity contribution in [3.05, 3.63) is 24.3 Å². The lowest BCUT2D eigenvalue weighted by molar-refractivity contribution is -0.122. The number of aldehydes is 1. The van der Waals surface area contributed by atoms with Crippen LogP contribution in [0.25, 0.3) is 0 Å². The highest BCUT2D eigenvalue weighted by Crippen LogP contribution is 2.33. The fraction of sp³-hybridized carbons (Fsp3) is 0.750. The van der Waals surface area contributed by atoms with Gasteiger partial charge in [-0.3, -0.25) is 29.0 Å². The summed E-state index contributed by atoms with van der Waals surface area (Å²) in [5.41, 5.74) is 4.56. The number of amides is 4. The summed E-state index contributed by atoms with van der Waals surface area (Å²) in [5.74, 6) is 2.07. The van der Waals surface area contributed by atoms with E-state index < -0.39 is 0 Å². The van der Waals surface area contributed by atoms with Crippen LogP contribution < -0.4 is 21.7 Å². The van der Waals surface area contributed by atoms with Crippen LogP contribution in [0, 0.1) is 17.8 Å². The summed E-state index contributed by atoms with van der Waals surface area (Å²) >= 11 is 0. The van der Waals surface area contributed by atoms with Crippen LogP contribution in [0.5, 0.6) is 0 Å². The van der Waals surface area contributed by atoms with Crippen LogP contribution in [0.2, 0.25) is 0 Å². The summed E-state index contributed by atoms with van der Waals surface area (Å²) in [6.07, 6.45) is 20.2. The molecule has 0 spiro atoms. The maximum atomic E-state index is 11.9. The number of likely N-dealkylation sites (tertiary alicyclic amines) is 1. The molecule has 5 N–H and O–H groups in total. The van der Waals surface area contributed by atoms with Gasteiger partial charge in [-0.05, 0) is 84.2 Å². The second-order valence-electron chi connectivity index (χ2n) is 13.6. The van der Waals surface area contributed by atoms with Gasteiger partial charge in [0.25, 0.3) is 5.91 Å². The Kier molecular flexibility index (Phi) is 43.3. The molecular formula is C40H77N7O6.